The number of nitrogens with two attached hydrogens (primary N) is 1. The van der Waals surface area contributed by atoms with E-state index in [9.17, 15) is 0 Å². The van der Waals surface area contributed by atoms with Crippen molar-refractivity contribution in [3.8, 4) is 0 Å². The van der Waals surface area contributed by atoms with E-state index in [2.05, 4.69) is 4.99 Å². The van der Waals surface area contributed by atoms with Gasteiger partial charge in [-0.25, -0.2) is 0 Å². The van der Waals surface area contributed by atoms with Crippen molar-refractivity contribution in [1.82, 2.24) is 0 Å². The number of nitrogens with zero attached hydrogens (tertiary/aromatic N) is 1. The summed E-state index contributed by atoms with van der Waals surface area (Å²) in [4.78, 5) is 4.03. The van der Waals surface area contributed by atoms with E-state index in [1.807, 2.05) is 27.7 Å². The zero-order chi connectivity index (χ0) is 14.8. The summed E-state index contributed by atoms with van der Waals surface area (Å²) in [6.45, 7) is 7.85. The first kappa shape index (κ1) is 15.9. The van der Waals surface area contributed by atoms with Gasteiger partial charge in [-0.2, -0.15) is 0 Å². The van der Waals surface area contributed by atoms with Crippen LogP contribution in [0.5, 0.6) is 0 Å². The fraction of sp³-hybridized carbons (Fsp3) is 0.750. The number of methoxy groups -OCH3 is 2. The second kappa shape index (κ2) is 5.42. The van der Waals surface area contributed by atoms with Gasteiger partial charge in [-0.15, -0.1) is 0 Å². The zero-order valence-corrected chi connectivity index (χ0v) is 12.7. The van der Waals surface area contributed by atoms with Crippen molar-refractivity contribution in [3.05, 3.63) is 11.4 Å². The minimum atomic E-state index is -0.677. The smallest absolute Gasteiger partial charge is 0.483 e. The van der Waals surface area contributed by atoms with E-state index in [1.54, 1.807) is 7.05 Å². The van der Waals surface area contributed by atoms with E-state index in [0.717, 1.165) is 0 Å². The molecule has 1 aliphatic heterocycles. The number of rotatable bonds is 3. The van der Waals surface area contributed by atoms with Gasteiger partial charge in [-0.1, -0.05) is 0 Å². The van der Waals surface area contributed by atoms with Crippen LogP contribution in [-0.2, 0) is 18.8 Å². The van der Waals surface area contributed by atoms with Gasteiger partial charge in [0.05, 0.1) is 25.4 Å². The molecule has 0 aromatic heterocycles. The first-order valence-electron chi connectivity index (χ1n) is 6.10. The summed E-state index contributed by atoms with van der Waals surface area (Å²) in [6.07, 6.45) is 0. The third-order valence-corrected chi connectivity index (χ3v) is 3.60. The monoisotopic (exact) mass is 270 g/mol. The molecule has 1 fully saturated rings. The Morgan fingerprint density at radius 3 is 1.84 bits per heavy atom. The van der Waals surface area contributed by atoms with Gasteiger partial charge in [-0.05, 0) is 27.7 Å². The van der Waals surface area contributed by atoms with Gasteiger partial charge in [0, 0.05) is 7.05 Å². The molecule has 19 heavy (non-hydrogen) atoms. The molecule has 0 unspecified atom stereocenters. The van der Waals surface area contributed by atoms with Crippen LogP contribution in [0, 0.1) is 0 Å². The van der Waals surface area contributed by atoms with Crippen LogP contribution in [0.2, 0.25) is 0 Å². The summed E-state index contributed by atoms with van der Waals surface area (Å²) in [5, 5.41) is 0. The molecule has 7 heteroatoms. The fourth-order valence-electron chi connectivity index (χ4n) is 1.71. The molecule has 0 radical (unpaired) electrons. The van der Waals surface area contributed by atoms with E-state index in [-0.39, 0.29) is 5.88 Å². The maximum absolute atomic E-state index is 5.93. The van der Waals surface area contributed by atoms with Gasteiger partial charge in [0.2, 0.25) is 5.90 Å². The molecule has 2 N–H and O–H groups in total. The summed E-state index contributed by atoms with van der Waals surface area (Å²) < 4.78 is 22.2. The first-order valence-corrected chi connectivity index (χ1v) is 6.10. The highest BCUT2D eigenvalue weighted by atomic mass is 16.7. The molecule has 1 rings (SSSR count). The van der Waals surface area contributed by atoms with Crippen LogP contribution in [0.25, 0.3) is 0 Å². The maximum Gasteiger partial charge on any atom is 0.505 e. The number of hydrogen-bond acceptors (Lipinski definition) is 6. The van der Waals surface area contributed by atoms with Crippen molar-refractivity contribution in [1.29, 1.82) is 0 Å². The summed E-state index contributed by atoms with van der Waals surface area (Å²) >= 11 is 0. The van der Waals surface area contributed by atoms with Crippen LogP contribution in [0.15, 0.2) is 16.3 Å². The van der Waals surface area contributed by atoms with Crippen LogP contribution in [0.4, 0.5) is 0 Å². The second-order valence-electron chi connectivity index (χ2n) is 5.30. The molecule has 0 aromatic rings. The van der Waals surface area contributed by atoms with E-state index >= 15 is 0 Å². The summed E-state index contributed by atoms with van der Waals surface area (Å²) in [5.41, 5.74) is 5.39. The lowest BCUT2D eigenvalue weighted by molar-refractivity contribution is 0.00578. The Kier molecular flexibility index (Phi) is 4.52. The van der Waals surface area contributed by atoms with Crippen molar-refractivity contribution in [2.75, 3.05) is 21.3 Å². The van der Waals surface area contributed by atoms with Crippen molar-refractivity contribution in [2.24, 2.45) is 10.7 Å². The highest BCUT2D eigenvalue weighted by Gasteiger charge is 2.54. The minimum Gasteiger partial charge on any atom is -0.483 e. The Balaban J connectivity index is 3.18. The average Bonchev–Trinajstić information content (AvgIpc) is 2.53. The second-order valence-corrected chi connectivity index (χ2v) is 5.30. The number of aliphatic imine (C=N–C) groups is 1. The quantitative estimate of drug-likeness (QED) is 0.360. The van der Waals surface area contributed by atoms with Gasteiger partial charge in [0.1, 0.15) is 5.47 Å². The van der Waals surface area contributed by atoms with Gasteiger partial charge < -0.3 is 24.5 Å². The Morgan fingerprint density at radius 2 is 1.53 bits per heavy atom. The highest BCUT2D eigenvalue weighted by molar-refractivity contribution is 6.62. The Labute approximate surface area is 115 Å². The van der Waals surface area contributed by atoms with Crippen molar-refractivity contribution >= 4 is 13.0 Å². The largest absolute Gasteiger partial charge is 0.505 e. The molecule has 108 valence electrons. The third kappa shape index (κ3) is 2.87. The van der Waals surface area contributed by atoms with Crippen molar-refractivity contribution < 1.29 is 18.8 Å². The lowest BCUT2D eigenvalue weighted by Crippen LogP contribution is -2.41. The molecule has 0 atom stereocenters. The molecule has 0 aromatic carbocycles. The topological polar surface area (TPSA) is 75.3 Å². The lowest BCUT2D eigenvalue weighted by Gasteiger charge is -2.32. The summed E-state index contributed by atoms with van der Waals surface area (Å²) in [6, 6.07) is 0. The molecule has 6 nitrogen and oxygen atoms in total. The third-order valence-electron chi connectivity index (χ3n) is 3.60. The van der Waals surface area contributed by atoms with Gasteiger partial charge in [0.15, 0.2) is 5.88 Å². The number of hydrogen-bond donors (Lipinski definition) is 1. The SMILES string of the molecule is CN=C(OC)C(B1OC(C)(C)C(C)(C)O1)=C(N)OC. The fourth-order valence-corrected chi connectivity index (χ4v) is 1.71. The molecule has 0 amide bonds. The van der Waals surface area contributed by atoms with E-state index in [4.69, 9.17) is 24.5 Å². The molecule has 0 aliphatic carbocycles. The molecular formula is C12H23BN2O4. The van der Waals surface area contributed by atoms with Gasteiger partial charge in [0.25, 0.3) is 0 Å². The van der Waals surface area contributed by atoms with Crippen molar-refractivity contribution in [2.45, 2.75) is 38.9 Å². The Morgan fingerprint density at radius 1 is 1.05 bits per heavy atom. The average molecular weight is 270 g/mol. The summed E-state index contributed by atoms with van der Waals surface area (Å²) in [5.74, 6) is 0.499. The van der Waals surface area contributed by atoms with Gasteiger partial charge >= 0.3 is 7.12 Å². The summed E-state index contributed by atoms with van der Waals surface area (Å²) in [7, 11) is 3.91. The van der Waals surface area contributed by atoms with E-state index in [0.29, 0.717) is 11.4 Å². The minimum absolute atomic E-state index is 0.168. The predicted molar refractivity (Wildman–Crippen MR) is 74.7 cm³/mol. The van der Waals surface area contributed by atoms with E-state index < -0.39 is 18.3 Å². The Hall–Kier alpha value is -1.21. The van der Waals surface area contributed by atoms with Crippen LogP contribution in [0.1, 0.15) is 27.7 Å². The highest BCUT2D eigenvalue weighted by Crippen LogP contribution is 2.39. The molecule has 1 heterocycles. The van der Waals surface area contributed by atoms with Crippen molar-refractivity contribution in [3.63, 3.8) is 0 Å². The predicted octanol–water partition coefficient (Wildman–Crippen LogP) is 1.11. The zero-order valence-electron chi connectivity index (χ0n) is 12.7. The molecule has 0 spiro atoms. The molecule has 1 aliphatic rings. The van der Waals surface area contributed by atoms with Crippen LogP contribution in [-0.4, -0.2) is 45.5 Å². The lowest BCUT2D eigenvalue weighted by atomic mass is 9.78. The number of ether oxygens (including phenoxy) is 2. The van der Waals surface area contributed by atoms with Gasteiger partial charge in [-0.3, -0.25) is 4.99 Å². The molecule has 0 bridgehead atoms. The van der Waals surface area contributed by atoms with E-state index in [1.165, 1.54) is 14.2 Å². The maximum atomic E-state index is 5.93. The standard InChI is InChI=1S/C12H23BN2O4/c1-11(2)12(3,4)19-13(18-11)8(9(14)16-6)10(15-5)17-7/h14H2,1-7H3. The first-order chi connectivity index (χ1) is 8.70. The Bertz CT molecular complexity index is 389. The van der Waals surface area contributed by atoms with Crippen LogP contribution < -0.4 is 5.73 Å². The molecule has 0 saturated carbocycles. The molecular weight excluding hydrogens is 247 g/mol. The van der Waals surface area contributed by atoms with Crippen LogP contribution >= 0.6 is 0 Å². The molecule has 1 saturated heterocycles. The normalized spacial score (nSPS) is 23.1. The van der Waals surface area contributed by atoms with Crippen LogP contribution in [0.3, 0.4) is 0 Å².